The number of hydrogen-bond acceptors (Lipinski definition) is 3. The number of rotatable bonds is 3. The number of likely N-dealkylation sites (tertiary alicyclic amines) is 1. The van der Waals surface area contributed by atoms with Gasteiger partial charge < -0.3 is 15.1 Å². The van der Waals surface area contributed by atoms with E-state index >= 15 is 0 Å². The van der Waals surface area contributed by atoms with E-state index in [1.54, 1.807) is 0 Å². The summed E-state index contributed by atoms with van der Waals surface area (Å²) in [6, 6.07) is 17.3. The number of anilines is 2. The van der Waals surface area contributed by atoms with E-state index in [1.165, 1.54) is 23.2 Å². The van der Waals surface area contributed by atoms with Gasteiger partial charge in [0.2, 0.25) is 0 Å². The summed E-state index contributed by atoms with van der Waals surface area (Å²) in [6.45, 7) is 10.1. The average Bonchev–Trinajstić information content (AvgIpc) is 2.77. The van der Waals surface area contributed by atoms with Crippen LogP contribution < -0.4 is 10.2 Å². The van der Waals surface area contributed by atoms with Crippen LogP contribution in [-0.2, 0) is 0 Å². The van der Waals surface area contributed by atoms with E-state index in [2.05, 4.69) is 71.4 Å². The molecule has 1 atom stereocenters. The molecule has 5 nitrogen and oxygen atoms in total. The minimum atomic E-state index is 0.0286. The molecule has 29 heavy (non-hydrogen) atoms. The summed E-state index contributed by atoms with van der Waals surface area (Å²) in [5.41, 5.74) is 4.65. The topological polar surface area (TPSA) is 38.8 Å². The number of piperidine rings is 1. The van der Waals surface area contributed by atoms with Gasteiger partial charge in [-0.25, -0.2) is 4.79 Å². The molecule has 2 fully saturated rings. The second kappa shape index (κ2) is 8.87. The van der Waals surface area contributed by atoms with Crippen LogP contribution in [0.25, 0.3) is 0 Å². The molecule has 0 saturated carbocycles. The summed E-state index contributed by atoms with van der Waals surface area (Å²) in [5, 5.41) is 3.09. The van der Waals surface area contributed by atoms with Crippen LogP contribution in [0.5, 0.6) is 0 Å². The zero-order valence-electron chi connectivity index (χ0n) is 17.6. The number of piperazine rings is 1. The van der Waals surface area contributed by atoms with Gasteiger partial charge in [0.25, 0.3) is 0 Å². The molecule has 2 amide bonds. The molecule has 0 aliphatic carbocycles. The molecule has 2 saturated heterocycles. The van der Waals surface area contributed by atoms with Crippen molar-refractivity contribution in [1.29, 1.82) is 0 Å². The second-order valence-corrected chi connectivity index (χ2v) is 8.33. The second-order valence-electron chi connectivity index (χ2n) is 8.33. The van der Waals surface area contributed by atoms with Crippen molar-refractivity contribution in [1.82, 2.24) is 9.80 Å². The van der Waals surface area contributed by atoms with Crippen LogP contribution in [-0.4, -0.2) is 61.1 Å². The SMILES string of the molecule is Cc1ccc(NC(=O)N2CCC[C@@H](N3CCN(c4ccccc4)CC3)C2)cc1C. The maximum atomic E-state index is 12.8. The minimum Gasteiger partial charge on any atom is -0.369 e. The van der Waals surface area contributed by atoms with Crippen molar-refractivity contribution in [3.8, 4) is 0 Å². The van der Waals surface area contributed by atoms with Gasteiger partial charge in [0, 0.05) is 56.7 Å². The average molecular weight is 393 g/mol. The number of benzene rings is 2. The fourth-order valence-electron chi connectivity index (χ4n) is 4.44. The van der Waals surface area contributed by atoms with Gasteiger partial charge in [0.15, 0.2) is 0 Å². The Hall–Kier alpha value is -2.53. The van der Waals surface area contributed by atoms with Gasteiger partial charge in [0.05, 0.1) is 0 Å². The van der Waals surface area contributed by atoms with Crippen molar-refractivity contribution in [2.45, 2.75) is 32.7 Å². The van der Waals surface area contributed by atoms with E-state index < -0.39 is 0 Å². The largest absolute Gasteiger partial charge is 0.369 e. The summed E-state index contributed by atoms with van der Waals surface area (Å²) in [4.78, 5) is 19.9. The smallest absolute Gasteiger partial charge is 0.321 e. The predicted molar refractivity (Wildman–Crippen MR) is 120 cm³/mol. The summed E-state index contributed by atoms with van der Waals surface area (Å²) < 4.78 is 0. The quantitative estimate of drug-likeness (QED) is 0.854. The lowest BCUT2D eigenvalue weighted by Crippen LogP contribution is -2.56. The Bertz CT molecular complexity index is 830. The van der Waals surface area contributed by atoms with Crippen LogP contribution in [0.2, 0.25) is 0 Å². The summed E-state index contributed by atoms with van der Waals surface area (Å²) in [6.07, 6.45) is 2.25. The Balaban J connectivity index is 1.31. The molecule has 0 bridgehead atoms. The van der Waals surface area contributed by atoms with Gasteiger partial charge in [-0.05, 0) is 62.1 Å². The highest BCUT2D eigenvalue weighted by Gasteiger charge is 2.30. The molecule has 0 unspecified atom stereocenters. The molecule has 2 aromatic carbocycles. The van der Waals surface area contributed by atoms with E-state index in [4.69, 9.17) is 0 Å². The first-order valence-corrected chi connectivity index (χ1v) is 10.8. The standard InChI is InChI=1S/C24H32N4O/c1-19-10-11-21(17-20(19)2)25-24(29)28-12-6-9-23(18-28)27-15-13-26(14-16-27)22-7-4-3-5-8-22/h3-5,7-8,10-11,17,23H,6,9,12-16,18H2,1-2H3,(H,25,29)/t23-/m1/s1. The van der Waals surface area contributed by atoms with Crippen molar-refractivity contribution >= 4 is 17.4 Å². The number of carbonyl (C=O) groups excluding carboxylic acids is 1. The zero-order valence-corrected chi connectivity index (χ0v) is 17.6. The monoisotopic (exact) mass is 392 g/mol. The summed E-state index contributed by atoms with van der Waals surface area (Å²) >= 11 is 0. The number of carbonyl (C=O) groups is 1. The lowest BCUT2D eigenvalue weighted by atomic mass is 10.0. The van der Waals surface area contributed by atoms with Crippen LogP contribution in [0, 0.1) is 13.8 Å². The van der Waals surface area contributed by atoms with Gasteiger partial charge in [-0.3, -0.25) is 4.90 Å². The highest BCUT2D eigenvalue weighted by molar-refractivity contribution is 5.89. The Morgan fingerprint density at radius 2 is 1.69 bits per heavy atom. The maximum absolute atomic E-state index is 12.8. The summed E-state index contributed by atoms with van der Waals surface area (Å²) in [5.74, 6) is 0. The third-order valence-corrected chi connectivity index (χ3v) is 6.39. The first-order valence-electron chi connectivity index (χ1n) is 10.8. The Labute approximate surface area is 174 Å². The predicted octanol–water partition coefficient (Wildman–Crippen LogP) is 4.12. The first-order chi connectivity index (χ1) is 14.1. The van der Waals surface area contributed by atoms with Crippen LogP contribution >= 0.6 is 0 Å². The van der Waals surface area contributed by atoms with Gasteiger partial charge >= 0.3 is 6.03 Å². The van der Waals surface area contributed by atoms with Crippen molar-refractivity contribution in [2.75, 3.05) is 49.5 Å². The van der Waals surface area contributed by atoms with Crippen LogP contribution in [0.4, 0.5) is 16.2 Å². The number of para-hydroxylation sites is 1. The molecule has 2 aliphatic heterocycles. The number of hydrogen-bond donors (Lipinski definition) is 1. The molecule has 0 aromatic heterocycles. The highest BCUT2D eigenvalue weighted by atomic mass is 16.2. The normalized spacial score (nSPS) is 20.6. The molecular formula is C24H32N4O. The molecule has 0 radical (unpaired) electrons. The molecule has 1 N–H and O–H groups in total. The highest BCUT2D eigenvalue weighted by Crippen LogP contribution is 2.22. The number of nitrogens with zero attached hydrogens (tertiary/aromatic N) is 3. The molecule has 5 heteroatoms. The molecule has 2 heterocycles. The third kappa shape index (κ3) is 4.73. The minimum absolute atomic E-state index is 0.0286. The van der Waals surface area contributed by atoms with E-state index in [0.29, 0.717) is 6.04 Å². The fraction of sp³-hybridized carbons (Fsp3) is 0.458. The fourth-order valence-corrected chi connectivity index (χ4v) is 4.44. The molecule has 154 valence electrons. The molecule has 2 aromatic rings. The Kier molecular flexibility index (Phi) is 6.05. The lowest BCUT2D eigenvalue weighted by Gasteiger charge is -2.43. The van der Waals surface area contributed by atoms with Crippen LogP contribution in [0.3, 0.4) is 0 Å². The van der Waals surface area contributed by atoms with Crippen molar-refractivity contribution in [3.05, 3.63) is 59.7 Å². The van der Waals surface area contributed by atoms with Crippen molar-refractivity contribution < 1.29 is 4.79 Å². The van der Waals surface area contributed by atoms with Gasteiger partial charge in [-0.2, -0.15) is 0 Å². The number of nitrogens with one attached hydrogen (secondary N) is 1. The zero-order chi connectivity index (χ0) is 20.2. The Morgan fingerprint density at radius 1 is 0.931 bits per heavy atom. The Morgan fingerprint density at radius 3 is 2.41 bits per heavy atom. The van der Waals surface area contributed by atoms with Gasteiger partial charge in [0.1, 0.15) is 0 Å². The number of amides is 2. The van der Waals surface area contributed by atoms with E-state index in [0.717, 1.165) is 51.4 Å². The number of urea groups is 1. The maximum Gasteiger partial charge on any atom is 0.321 e. The lowest BCUT2D eigenvalue weighted by molar-refractivity contribution is 0.108. The molecular weight excluding hydrogens is 360 g/mol. The molecule has 2 aliphatic rings. The van der Waals surface area contributed by atoms with Crippen molar-refractivity contribution in [3.63, 3.8) is 0 Å². The van der Waals surface area contributed by atoms with Crippen LogP contribution in [0.1, 0.15) is 24.0 Å². The van der Waals surface area contributed by atoms with Gasteiger partial charge in [-0.1, -0.05) is 24.3 Å². The van der Waals surface area contributed by atoms with Crippen molar-refractivity contribution in [2.24, 2.45) is 0 Å². The molecule has 4 rings (SSSR count). The third-order valence-electron chi connectivity index (χ3n) is 6.39. The first kappa shape index (κ1) is 19.8. The number of aryl methyl sites for hydroxylation is 2. The van der Waals surface area contributed by atoms with E-state index in [1.807, 2.05) is 11.0 Å². The summed E-state index contributed by atoms with van der Waals surface area (Å²) in [7, 11) is 0. The van der Waals surface area contributed by atoms with E-state index in [-0.39, 0.29) is 6.03 Å². The van der Waals surface area contributed by atoms with Gasteiger partial charge in [-0.15, -0.1) is 0 Å². The van der Waals surface area contributed by atoms with E-state index in [9.17, 15) is 4.79 Å². The molecule has 0 spiro atoms. The van der Waals surface area contributed by atoms with Crippen LogP contribution in [0.15, 0.2) is 48.5 Å².